The number of carbonyl (C=O) groups excluding carboxylic acids is 2. The summed E-state index contributed by atoms with van der Waals surface area (Å²) in [5.74, 6) is 0.0174. The van der Waals surface area contributed by atoms with Crippen molar-refractivity contribution in [3.63, 3.8) is 0 Å². The van der Waals surface area contributed by atoms with Crippen LogP contribution in [0.2, 0.25) is 0 Å². The van der Waals surface area contributed by atoms with Crippen molar-refractivity contribution in [3.8, 4) is 0 Å². The number of rotatable bonds is 5. The lowest BCUT2D eigenvalue weighted by Crippen LogP contribution is -2.46. The number of nitrogens with one attached hydrogen (secondary N) is 2. The molecule has 1 fully saturated rings. The van der Waals surface area contributed by atoms with E-state index in [9.17, 15) is 14.4 Å². The second-order valence-corrected chi connectivity index (χ2v) is 10.2. The first-order chi connectivity index (χ1) is 17.6. The normalized spacial score (nSPS) is 16.5. The Morgan fingerprint density at radius 1 is 0.972 bits per heavy atom. The molecule has 0 spiro atoms. The Morgan fingerprint density at radius 3 is 2.56 bits per heavy atom. The fourth-order valence-corrected chi connectivity index (χ4v) is 6.34. The van der Waals surface area contributed by atoms with Crippen LogP contribution >= 0.6 is 11.8 Å². The molecule has 2 aliphatic rings. The predicted molar refractivity (Wildman–Crippen MR) is 139 cm³/mol. The number of nitrogens with zero attached hydrogens (tertiary/aromatic N) is 2. The molecule has 6 rings (SSSR count). The zero-order valence-corrected chi connectivity index (χ0v) is 20.3. The highest BCUT2D eigenvalue weighted by Crippen LogP contribution is 2.48. The van der Waals surface area contributed by atoms with Crippen LogP contribution in [0.3, 0.4) is 0 Å². The third-order valence-electron chi connectivity index (χ3n) is 6.81. The van der Waals surface area contributed by atoms with E-state index in [2.05, 4.69) is 46.2 Å². The lowest BCUT2D eigenvalue weighted by Gasteiger charge is -2.18. The van der Waals surface area contributed by atoms with E-state index in [1.807, 2.05) is 12.1 Å². The third-order valence-corrected chi connectivity index (χ3v) is 7.98. The monoisotopic (exact) mass is 496 g/mol. The van der Waals surface area contributed by atoms with Crippen LogP contribution in [-0.2, 0) is 11.2 Å². The molecular weight excluding hydrogens is 472 g/mol. The zero-order valence-electron chi connectivity index (χ0n) is 19.4. The van der Waals surface area contributed by atoms with Gasteiger partial charge in [-0.3, -0.25) is 34.8 Å². The van der Waals surface area contributed by atoms with Gasteiger partial charge in [-0.05, 0) is 64.8 Å². The number of fused-ring (bicyclic) bond motifs is 2. The summed E-state index contributed by atoms with van der Waals surface area (Å²) in [6, 6.07) is 18.7. The van der Waals surface area contributed by atoms with E-state index < -0.39 is 17.9 Å². The van der Waals surface area contributed by atoms with Crippen LogP contribution < -0.4 is 16.4 Å². The van der Waals surface area contributed by atoms with Gasteiger partial charge in [0.05, 0.1) is 5.03 Å². The lowest BCUT2D eigenvalue weighted by molar-refractivity contribution is -0.124. The predicted octanol–water partition coefficient (Wildman–Crippen LogP) is 3.97. The van der Waals surface area contributed by atoms with Gasteiger partial charge in [0.2, 0.25) is 0 Å². The topological polar surface area (TPSA) is 93.1 Å². The number of benzene rings is 2. The van der Waals surface area contributed by atoms with Crippen molar-refractivity contribution in [1.29, 1.82) is 0 Å². The molecule has 4 aromatic rings. The fourth-order valence-electron chi connectivity index (χ4n) is 4.92. The first-order valence-electron chi connectivity index (χ1n) is 12.0. The average Bonchev–Trinajstić information content (AvgIpc) is 3.64. The second kappa shape index (κ2) is 9.28. The van der Waals surface area contributed by atoms with Gasteiger partial charge in [0.25, 0.3) is 17.4 Å². The van der Waals surface area contributed by atoms with Crippen molar-refractivity contribution >= 4 is 34.3 Å². The van der Waals surface area contributed by atoms with E-state index in [1.165, 1.54) is 34.3 Å². The maximum atomic E-state index is 13.3. The summed E-state index contributed by atoms with van der Waals surface area (Å²) in [7, 11) is 0. The summed E-state index contributed by atoms with van der Waals surface area (Å²) in [4.78, 5) is 42.5. The van der Waals surface area contributed by atoms with Crippen molar-refractivity contribution < 1.29 is 9.59 Å². The molecule has 2 N–H and O–H groups in total. The van der Waals surface area contributed by atoms with Gasteiger partial charge in [-0.15, -0.1) is 11.8 Å². The summed E-state index contributed by atoms with van der Waals surface area (Å²) in [5, 5.41) is 3.26. The van der Waals surface area contributed by atoms with Gasteiger partial charge in [-0.25, -0.2) is 0 Å². The van der Waals surface area contributed by atoms with Crippen LogP contribution in [0, 0.1) is 0 Å². The number of amides is 2. The Morgan fingerprint density at radius 2 is 1.75 bits per heavy atom. The molecule has 1 atom stereocenters. The number of hydrazine groups is 1. The Kier molecular flexibility index (Phi) is 5.81. The van der Waals surface area contributed by atoms with Gasteiger partial charge < -0.3 is 0 Å². The van der Waals surface area contributed by atoms with E-state index in [-0.39, 0.29) is 5.56 Å². The SMILES string of the molecule is O=C(NNC(=O)C1CSc2c(C3CC3)c(Cc3cccc4ccccc34)cc(=O)n21)c1ccncc1. The van der Waals surface area contributed by atoms with Crippen LogP contribution in [0.4, 0.5) is 0 Å². The quantitative estimate of drug-likeness (QED) is 0.408. The minimum absolute atomic E-state index is 0.185. The molecule has 0 saturated heterocycles. The molecule has 36 heavy (non-hydrogen) atoms. The summed E-state index contributed by atoms with van der Waals surface area (Å²) >= 11 is 1.55. The van der Waals surface area contributed by atoms with Crippen molar-refractivity contribution in [2.24, 2.45) is 0 Å². The first-order valence-corrected chi connectivity index (χ1v) is 13.0. The largest absolute Gasteiger partial charge is 0.289 e. The molecule has 2 amide bonds. The number of pyridine rings is 2. The summed E-state index contributed by atoms with van der Waals surface area (Å²) in [6.45, 7) is 0. The van der Waals surface area contributed by atoms with Crippen LogP contribution in [0.1, 0.15) is 51.8 Å². The summed E-state index contributed by atoms with van der Waals surface area (Å²) in [5.41, 5.74) is 8.58. The van der Waals surface area contributed by atoms with E-state index in [4.69, 9.17) is 0 Å². The lowest BCUT2D eigenvalue weighted by atomic mass is 9.95. The smallest absolute Gasteiger partial charge is 0.269 e. The van der Waals surface area contributed by atoms with Gasteiger partial charge >= 0.3 is 0 Å². The molecule has 0 bridgehead atoms. The Bertz CT molecular complexity index is 1540. The molecule has 180 valence electrons. The van der Waals surface area contributed by atoms with Crippen molar-refractivity contribution in [3.05, 3.63) is 106 Å². The standard InChI is InChI=1S/C28H24N4O3S/c33-24-15-21(14-20-6-3-5-17-4-1-2-7-22(17)20)25(18-8-9-18)28-32(24)23(16-36-28)27(35)31-30-26(34)19-10-12-29-13-11-19/h1-7,10-13,15,18,23H,8-9,14,16H2,(H,30,34)(H,31,35). The Balaban J connectivity index is 1.29. The van der Waals surface area contributed by atoms with Crippen LogP contribution in [0.25, 0.3) is 10.8 Å². The second-order valence-electron chi connectivity index (χ2n) is 9.19. The molecular formula is C28H24N4O3S. The molecule has 2 aromatic heterocycles. The van der Waals surface area contributed by atoms with Crippen molar-refractivity contribution in [1.82, 2.24) is 20.4 Å². The number of thioether (sulfide) groups is 1. The number of carbonyl (C=O) groups is 2. The zero-order chi connectivity index (χ0) is 24.6. The average molecular weight is 497 g/mol. The van der Waals surface area contributed by atoms with Crippen LogP contribution in [-0.4, -0.2) is 27.1 Å². The number of aromatic nitrogens is 2. The van der Waals surface area contributed by atoms with E-state index in [0.717, 1.165) is 23.4 Å². The molecule has 1 saturated carbocycles. The third kappa shape index (κ3) is 4.18. The number of hydrogen-bond donors (Lipinski definition) is 2. The molecule has 0 radical (unpaired) electrons. The maximum Gasteiger partial charge on any atom is 0.269 e. The van der Waals surface area contributed by atoms with Gasteiger partial charge in [0.1, 0.15) is 6.04 Å². The Labute approximate surface area is 211 Å². The molecule has 3 heterocycles. The molecule has 8 heteroatoms. The maximum absolute atomic E-state index is 13.3. The molecule has 1 unspecified atom stereocenters. The van der Waals surface area contributed by atoms with Gasteiger partial charge in [-0.2, -0.15) is 0 Å². The van der Waals surface area contributed by atoms with Gasteiger partial charge in [0.15, 0.2) is 0 Å². The highest BCUT2D eigenvalue weighted by Gasteiger charge is 2.37. The molecule has 1 aliphatic heterocycles. The fraction of sp³-hybridized carbons (Fsp3) is 0.214. The van der Waals surface area contributed by atoms with Gasteiger partial charge in [-0.1, -0.05) is 42.5 Å². The summed E-state index contributed by atoms with van der Waals surface area (Å²) < 4.78 is 1.61. The first kappa shape index (κ1) is 22.5. The van der Waals surface area contributed by atoms with Crippen molar-refractivity contribution in [2.75, 3.05) is 5.75 Å². The van der Waals surface area contributed by atoms with Crippen molar-refractivity contribution in [2.45, 2.75) is 36.2 Å². The van der Waals surface area contributed by atoms with Crippen LogP contribution in [0.15, 0.2) is 82.9 Å². The van der Waals surface area contributed by atoms with Gasteiger partial charge in [0, 0.05) is 29.8 Å². The Hall–Kier alpha value is -3.91. The minimum Gasteiger partial charge on any atom is -0.289 e. The number of hydrogen-bond acceptors (Lipinski definition) is 5. The van der Waals surface area contributed by atoms with E-state index in [0.29, 0.717) is 23.7 Å². The minimum atomic E-state index is -0.681. The molecule has 2 aromatic carbocycles. The highest BCUT2D eigenvalue weighted by atomic mass is 32.2. The van der Waals surface area contributed by atoms with Crippen LogP contribution in [0.5, 0.6) is 0 Å². The molecule has 7 nitrogen and oxygen atoms in total. The van der Waals surface area contributed by atoms with E-state index >= 15 is 0 Å². The molecule has 1 aliphatic carbocycles. The highest BCUT2D eigenvalue weighted by molar-refractivity contribution is 7.99. The summed E-state index contributed by atoms with van der Waals surface area (Å²) in [6.07, 6.45) is 5.88. The van der Waals surface area contributed by atoms with E-state index in [1.54, 1.807) is 34.5 Å².